The van der Waals surface area contributed by atoms with Gasteiger partial charge in [0.15, 0.2) is 11.5 Å². The van der Waals surface area contributed by atoms with Crippen LogP contribution in [0, 0.1) is 0 Å². The fourth-order valence-corrected chi connectivity index (χ4v) is 1.66. The summed E-state index contributed by atoms with van der Waals surface area (Å²) in [6.45, 7) is -3.22. The predicted octanol–water partition coefficient (Wildman–Crippen LogP) is 4.51. The summed E-state index contributed by atoms with van der Waals surface area (Å²) in [5, 5.41) is 0.693. The first-order chi connectivity index (χ1) is 8.81. The van der Waals surface area contributed by atoms with Crippen molar-refractivity contribution in [1.29, 1.82) is 0 Å². The van der Waals surface area contributed by atoms with E-state index in [9.17, 15) is 22.0 Å². The summed E-state index contributed by atoms with van der Waals surface area (Å²) < 4.78 is 68.2. The van der Waals surface area contributed by atoms with E-state index in [-0.39, 0.29) is 0 Å². The molecule has 0 bridgehead atoms. The average molecular weight is 349 g/mol. The molecule has 1 aromatic carbocycles. The molecule has 0 atom stereocenters. The Morgan fingerprint density at radius 3 is 2.37 bits per heavy atom. The number of aryl methyl sites for hydroxylation is 1. The molecule has 0 unspecified atom stereocenters. The molecule has 0 saturated carbocycles. The largest absolute Gasteiger partial charge is 0.573 e. The molecule has 1 rings (SSSR count). The number of benzene rings is 1. The third-order valence-corrected chi connectivity index (χ3v) is 2.61. The van der Waals surface area contributed by atoms with Gasteiger partial charge in [0.2, 0.25) is 0 Å². The Balaban J connectivity index is 2.95. The minimum absolute atomic E-state index is 0.525. The number of ether oxygens (including phenoxy) is 2. The van der Waals surface area contributed by atoms with Crippen LogP contribution >= 0.6 is 15.9 Å². The van der Waals surface area contributed by atoms with Gasteiger partial charge in [-0.15, -0.1) is 13.2 Å². The monoisotopic (exact) mass is 348 g/mol. The lowest BCUT2D eigenvalue weighted by molar-refractivity contribution is -0.275. The maximum Gasteiger partial charge on any atom is 0.573 e. The molecule has 0 N–H and O–H groups in total. The zero-order valence-electron chi connectivity index (χ0n) is 9.52. The summed E-state index contributed by atoms with van der Waals surface area (Å²) in [4.78, 5) is 0. The predicted molar refractivity (Wildman–Crippen MR) is 61.9 cm³/mol. The van der Waals surface area contributed by atoms with Gasteiger partial charge in [0.25, 0.3) is 0 Å². The van der Waals surface area contributed by atoms with Gasteiger partial charge < -0.3 is 9.47 Å². The molecule has 0 saturated heterocycles. The van der Waals surface area contributed by atoms with Gasteiger partial charge in [-0.3, -0.25) is 0 Å². The van der Waals surface area contributed by atoms with Crippen molar-refractivity contribution in [3.05, 3.63) is 23.8 Å². The zero-order valence-corrected chi connectivity index (χ0v) is 11.1. The second-order valence-corrected chi connectivity index (χ2v) is 4.29. The highest BCUT2D eigenvalue weighted by molar-refractivity contribution is 9.09. The van der Waals surface area contributed by atoms with Crippen molar-refractivity contribution in [2.24, 2.45) is 0 Å². The van der Waals surface area contributed by atoms with Crippen LogP contribution in [0.3, 0.4) is 0 Å². The van der Waals surface area contributed by atoms with Crippen molar-refractivity contribution < 1.29 is 31.4 Å². The van der Waals surface area contributed by atoms with E-state index in [0.717, 1.165) is 12.1 Å². The molecule has 0 aromatic heterocycles. The maximum absolute atomic E-state index is 12.2. The first-order valence-corrected chi connectivity index (χ1v) is 6.33. The summed E-state index contributed by atoms with van der Waals surface area (Å²) in [6, 6.07) is 3.47. The van der Waals surface area contributed by atoms with Crippen LogP contribution in [0.2, 0.25) is 0 Å². The highest BCUT2D eigenvalue weighted by Crippen LogP contribution is 2.34. The second kappa shape index (κ2) is 6.93. The Kier molecular flexibility index (Phi) is 5.84. The molecule has 0 spiro atoms. The van der Waals surface area contributed by atoms with Crippen LogP contribution in [-0.2, 0) is 6.42 Å². The number of rotatable bonds is 6. The summed E-state index contributed by atoms with van der Waals surface area (Å²) in [6.07, 6.45) is -3.72. The van der Waals surface area contributed by atoms with Crippen LogP contribution in [0.4, 0.5) is 22.0 Å². The van der Waals surface area contributed by atoms with Crippen LogP contribution < -0.4 is 9.47 Å². The van der Waals surface area contributed by atoms with E-state index in [1.54, 1.807) is 0 Å². The minimum Gasteiger partial charge on any atom is -0.431 e. The number of halogens is 6. The van der Waals surface area contributed by atoms with E-state index in [2.05, 4.69) is 25.4 Å². The lowest BCUT2D eigenvalue weighted by Crippen LogP contribution is -2.18. The van der Waals surface area contributed by atoms with Crippen LogP contribution in [0.5, 0.6) is 11.5 Å². The van der Waals surface area contributed by atoms with E-state index in [4.69, 9.17) is 0 Å². The first-order valence-electron chi connectivity index (χ1n) is 5.21. The average Bonchev–Trinajstić information content (AvgIpc) is 2.27. The second-order valence-electron chi connectivity index (χ2n) is 3.50. The van der Waals surface area contributed by atoms with Crippen LogP contribution in [0.15, 0.2) is 18.2 Å². The third kappa shape index (κ3) is 6.09. The zero-order chi connectivity index (χ0) is 14.5. The molecule has 0 aliphatic carbocycles. The molecule has 19 heavy (non-hydrogen) atoms. The molecule has 2 nitrogen and oxygen atoms in total. The quantitative estimate of drug-likeness (QED) is 0.556. The Hall–Kier alpha value is -1.05. The van der Waals surface area contributed by atoms with Crippen molar-refractivity contribution >= 4 is 15.9 Å². The highest BCUT2D eigenvalue weighted by atomic mass is 79.9. The Morgan fingerprint density at radius 1 is 1.16 bits per heavy atom. The van der Waals surface area contributed by atoms with Crippen molar-refractivity contribution in [3.8, 4) is 11.5 Å². The molecule has 0 amide bonds. The lowest BCUT2D eigenvalue weighted by Gasteiger charge is -2.14. The molecule has 0 aliphatic rings. The summed E-state index contributed by atoms with van der Waals surface area (Å²) in [5.74, 6) is -1.41. The van der Waals surface area contributed by atoms with Gasteiger partial charge in [-0.2, -0.15) is 8.78 Å². The smallest absolute Gasteiger partial charge is 0.431 e. The molecule has 108 valence electrons. The van der Waals surface area contributed by atoms with Crippen LogP contribution in [0.1, 0.15) is 12.0 Å². The molecule has 0 heterocycles. The van der Waals surface area contributed by atoms with Crippen molar-refractivity contribution in [1.82, 2.24) is 0 Å². The number of alkyl halides is 6. The minimum atomic E-state index is -4.96. The summed E-state index contributed by atoms with van der Waals surface area (Å²) in [7, 11) is 0. The van der Waals surface area contributed by atoms with Gasteiger partial charge in [0, 0.05) is 5.33 Å². The van der Waals surface area contributed by atoms with Crippen molar-refractivity contribution in [2.75, 3.05) is 5.33 Å². The molecule has 1 aromatic rings. The molecule has 8 heteroatoms. The first kappa shape index (κ1) is 16.0. The van der Waals surface area contributed by atoms with E-state index in [1.165, 1.54) is 6.07 Å². The van der Waals surface area contributed by atoms with E-state index < -0.39 is 24.5 Å². The molecular formula is C11H10BrF5O2. The highest BCUT2D eigenvalue weighted by Gasteiger charge is 2.32. The van der Waals surface area contributed by atoms with E-state index in [1.807, 2.05) is 0 Å². The SMILES string of the molecule is FC(F)Oc1cc(CCCBr)ccc1OC(F)(F)F. The van der Waals surface area contributed by atoms with E-state index >= 15 is 0 Å². The van der Waals surface area contributed by atoms with Crippen LogP contribution in [0.25, 0.3) is 0 Å². The number of hydrogen-bond acceptors (Lipinski definition) is 2. The molecule has 0 aliphatic heterocycles. The van der Waals surface area contributed by atoms with Gasteiger partial charge in [0.1, 0.15) is 0 Å². The van der Waals surface area contributed by atoms with E-state index in [0.29, 0.717) is 23.7 Å². The van der Waals surface area contributed by atoms with Crippen LogP contribution in [-0.4, -0.2) is 18.3 Å². The Labute approximate surface area is 114 Å². The molecule has 0 radical (unpaired) electrons. The molecular weight excluding hydrogens is 339 g/mol. The van der Waals surface area contributed by atoms with Gasteiger partial charge in [-0.25, -0.2) is 0 Å². The normalized spacial score (nSPS) is 11.7. The molecule has 0 fully saturated rings. The van der Waals surface area contributed by atoms with Gasteiger partial charge >= 0.3 is 13.0 Å². The fourth-order valence-electron chi connectivity index (χ4n) is 1.38. The fraction of sp³-hybridized carbons (Fsp3) is 0.455. The van der Waals surface area contributed by atoms with Gasteiger partial charge in [0.05, 0.1) is 0 Å². The summed E-state index contributed by atoms with van der Waals surface area (Å²) in [5.41, 5.74) is 0.588. The lowest BCUT2D eigenvalue weighted by atomic mass is 10.1. The van der Waals surface area contributed by atoms with Crippen molar-refractivity contribution in [3.63, 3.8) is 0 Å². The van der Waals surface area contributed by atoms with Crippen molar-refractivity contribution in [2.45, 2.75) is 25.8 Å². The summed E-state index contributed by atoms with van der Waals surface area (Å²) >= 11 is 3.20. The number of hydrogen-bond donors (Lipinski definition) is 0. The maximum atomic E-state index is 12.2. The van der Waals surface area contributed by atoms with Gasteiger partial charge in [-0.05, 0) is 30.5 Å². The Morgan fingerprint density at radius 2 is 1.84 bits per heavy atom. The topological polar surface area (TPSA) is 18.5 Å². The van der Waals surface area contributed by atoms with Gasteiger partial charge in [-0.1, -0.05) is 22.0 Å². The third-order valence-electron chi connectivity index (χ3n) is 2.05. The Bertz CT molecular complexity index is 409. The standard InChI is InChI=1S/C11H10BrF5O2/c12-5-1-2-7-3-4-8(19-11(15,16)17)9(6-7)18-10(13)14/h3-4,6,10H,1-2,5H2.